The molecule has 3 aromatic carbocycles. The largest absolute Gasteiger partial charge is 0.463 e. The predicted molar refractivity (Wildman–Crippen MR) is 200 cm³/mol. The van der Waals surface area contributed by atoms with E-state index in [0.29, 0.717) is 16.2 Å². The second-order valence-electron chi connectivity index (χ2n) is 14.6. The number of imide groups is 2. The van der Waals surface area contributed by atoms with Gasteiger partial charge in [-0.3, -0.25) is 44.8 Å². The molecular formula is C39H32ClFN6O10. The Hall–Kier alpha value is -6.46. The molecule has 4 aromatic rings. The van der Waals surface area contributed by atoms with Gasteiger partial charge < -0.3 is 14.4 Å². The van der Waals surface area contributed by atoms with Crippen molar-refractivity contribution in [1.82, 2.24) is 5.01 Å². The van der Waals surface area contributed by atoms with Gasteiger partial charge in [-0.25, -0.2) is 9.29 Å². The highest BCUT2D eigenvalue weighted by Crippen LogP contribution is 2.64. The number of nitrogens with one attached hydrogen (secondary N) is 1. The maximum Gasteiger partial charge on any atom is 0.301 e. The molecule has 57 heavy (non-hydrogen) atoms. The first-order valence-corrected chi connectivity index (χ1v) is 18.1. The van der Waals surface area contributed by atoms with Gasteiger partial charge in [0.1, 0.15) is 29.4 Å². The van der Waals surface area contributed by atoms with E-state index >= 15 is 4.79 Å². The Kier molecular flexibility index (Phi) is 8.96. The summed E-state index contributed by atoms with van der Waals surface area (Å²) in [6, 6.07) is 16.4. The number of carbonyl (C=O) groups is 4. The molecule has 16 nitrogen and oxygen atoms in total. The Labute approximate surface area is 327 Å². The average Bonchev–Trinajstić information content (AvgIpc) is 3.82. The van der Waals surface area contributed by atoms with Crippen LogP contribution in [0.5, 0.6) is 0 Å². The summed E-state index contributed by atoms with van der Waals surface area (Å²) in [5, 5.41) is 35.6. The number of fused-ring (bicyclic) bond motifs is 4. The van der Waals surface area contributed by atoms with Crippen LogP contribution in [0.1, 0.15) is 35.8 Å². The van der Waals surface area contributed by atoms with Crippen LogP contribution in [0.15, 0.2) is 88.9 Å². The lowest BCUT2D eigenvalue weighted by atomic mass is 9.50. The number of anilines is 3. The van der Waals surface area contributed by atoms with Crippen LogP contribution in [-0.4, -0.2) is 57.7 Å². The van der Waals surface area contributed by atoms with Crippen molar-refractivity contribution in [2.75, 3.05) is 29.3 Å². The molecule has 0 radical (unpaired) electrons. The summed E-state index contributed by atoms with van der Waals surface area (Å²) in [5.74, 6) is -8.42. The van der Waals surface area contributed by atoms with E-state index in [1.54, 1.807) is 36.4 Å². The molecule has 18 heteroatoms. The fourth-order valence-corrected chi connectivity index (χ4v) is 9.43. The van der Waals surface area contributed by atoms with Gasteiger partial charge >= 0.3 is 11.4 Å². The Morgan fingerprint density at radius 2 is 1.58 bits per heavy atom. The molecule has 0 spiro atoms. The van der Waals surface area contributed by atoms with Crippen molar-refractivity contribution in [3.05, 3.63) is 133 Å². The molecule has 2 aliphatic heterocycles. The van der Waals surface area contributed by atoms with Crippen molar-refractivity contribution in [2.24, 2.45) is 23.7 Å². The van der Waals surface area contributed by atoms with Gasteiger partial charge in [-0.05, 0) is 72.9 Å². The zero-order valence-corrected chi connectivity index (χ0v) is 30.9. The lowest BCUT2D eigenvalue weighted by Gasteiger charge is -2.49. The van der Waals surface area contributed by atoms with E-state index in [-0.39, 0.29) is 41.4 Å². The number of hydrogen-bond acceptors (Lipinski definition) is 12. The number of rotatable bonds is 9. The van der Waals surface area contributed by atoms with Crippen molar-refractivity contribution in [2.45, 2.75) is 30.8 Å². The van der Waals surface area contributed by atoms with Crippen LogP contribution in [0.3, 0.4) is 0 Å². The molecule has 6 atom stereocenters. The zero-order valence-electron chi connectivity index (χ0n) is 30.1. The monoisotopic (exact) mass is 798 g/mol. The molecule has 3 fully saturated rings. The Morgan fingerprint density at radius 3 is 2.16 bits per heavy atom. The smallest absolute Gasteiger partial charge is 0.301 e. The molecular weight excluding hydrogens is 767 g/mol. The van der Waals surface area contributed by atoms with E-state index < -0.39 is 92.3 Å². The minimum absolute atomic E-state index is 0.0251. The van der Waals surface area contributed by atoms with Crippen molar-refractivity contribution in [1.29, 1.82) is 0 Å². The summed E-state index contributed by atoms with van der Waals surface area (Å²) in [6.07, 6.45) is 1.59. The Bertz CT molecular complexity index is 2400. The number of aliphatic hydroxyl groups is 1. The highest BCUT2D eigenvalue weighted by atomic mass is 35.5. The number of hydrogen-bond donors (Lipinski definition) is 2. The number of nitro benzene ring substituents is 2. The minimum Gasteiger partial charge on any atom is -0.463 e. The summed E-state index contributed by atoms with van der Waals surface area (Å²) in [5.41, 5.74) is 0.177. The molecule has 1 saturated carbocycles. The standard InChI is InChI=1S/C39H32ClFN6O10/c1-43(2)34-29(46(53)54)15-23(16-30(34)47(55)56)44-35(49)26-13-12-25-27(32(26)37(44)51)17-28-36(50)45(42-22-9-7-21(41)8-10-22)38(52)39(28,19-3-5-20(40)6-4-19)33(25)31-14-11-24(18-48)57-31/h3-12,14-16,26-28,32-33,42,48H,13,17-18H2,1-2H3/t26-,27+,28-,32-,33+,39+/m0/s1. The van der Waals surface area contributed by atoms with Crippen molar-refractivity contribution >= 4 is 63.7 Å². The maximum atomic E-state index is 15.2. The topological polar surface area (TPSA) is 210 Å². The molecule has 2 N–H and O–H groups in total. The number of allylic oxidation sites excluding steroid dienone is 2. The molecule has 0 bridgehead atoms. The number of halogens is 2. The number of benzene rings is 3. The van der Waals surface area contributed by atoms with E-state index in [1.165, 1.54) is 37.2 Å². The lowest BCUT2D eigenvalue weighted by Crippen LogP contribution is -2.53. The van der Waals surface area contributed by atoms with Gasteiger partial charge in [-0.15, -0.1) is 0 Å². The molecule has 2 aliphatic carbocycles. The molecule has 3 heterocycles. The van der Waals surface area contributed by atoms with Crippen molar-refractivity contribution in [3.63, 3.8) is 0 Å². The predicted octanol–water partition coefficient (Wildman–Crippen LogP) is 5.64. The van der Waals surface area contributed by atoms with Crippen LogP contribution < -0.4 is 15.2 Å². The number of nitro groups is 2. The molecule has 4 amide bonds. The number of furan rings is 1. The lowest BCUT2D eigenvalue weighted by molar-refractivity contribution is -0.392. The normalized spacial score (nSPS) is 25.2. The van der Waals surface area contributed by atoms with Gasteiger partial charge in [-0.2, -0.15) is 5.01 Å². The third kappa shape index (κ3) is 5.59. The summed E-state index contributed by atoms with van der Waals surface area (Å²) < 4.78 is 20.0. The summed E-state index contributed by atoms with van der Waals surface area (Å²) >= 11 is 6.31. The fraction of sp³-hybridized carbons (Fsp3) is 0.282. The van der Waals surface area contributed by atoms with Gasteiger partial charge in [-0.1, -0.05) is 35.4 Å². The molecule has 8 rings (SSSR count). The maximum absolute atomic E-state index is 15.2. The summed E-state index contributed by atoms with van der Waals surface area (Å²) in [7, 11) is 2.78. The van der Waals surface area contributed by atoms with Crippen LogP contribution in [-0.2, 0) is 31.2 Å². The minimum atomic E-state index is -1.73. The van der Waals surface area contributed by atoms with Crippen molar-refractivity contribution in [3.8, 4) is 0 Å². The highest BCUT2D eigenvalue weighted by molar-refractivity contribution is 6.30. The molecule has 2 saturated heterocycles. The van der Waals surface area contributed by atoms with Crippen LogP contribution >= 0.6 is 11.6 Å². The highest BCUT2D eigenvalue weighted by Gasteiger charge is 2.71. The molecule has 0 unspecified atom stereocenters. The van der Waals surface area contributed by atoms with Crippen LogP contribution in [0.4, 0.5) is 32.8 Å². The van der Waals surface area contributed by atoms with Crippen LogP contribution in [0.25, 0.3) is 0 Å². The first-order chi connectivity index (χ1) is 27.2. The van der Waals surface area contributed by atoms with E-state index in [0.717, 1.165) is 34.2 Å². The number of carbonyl (C=O) groups excluding carboxylic acids is 4. The fourth-order valence-electron chi connectivity index (χ4n) is 9.31. The van der Waals surface area contributed by atoms with Gasteiger partial charge in [0.05, 0.1) is 44.9 Å². The summed E-state index contributed by atoms with van der Waals surface area (Å²) in [6.45, 7) is -0.491. The summed E-state index contributed by atoms with van der Waals surface area (Å²) in [4.78, 5) is 83.5. The first-order valence-electron chi connectivity index (χ1n) is 17.8. The molecule has 4 aliphatic rings. The SMILES string of the molecule is CN(C)c1c([N+](=O)[O-])cc(N2C(=O)[C@H]3[C@H](CC=C4[C@H]3C[C@H]3C(=O)N(Nc5ccc(F)cc5)C(=O)[C@@]3(c3ccc(Cl)cc3)[C@H]4c3ccc(CO)o3)C2=O)cc1[N+](=O)[O-]. The van der Waals surface area contributed by atoms with E-state index in [1.807, 2.05) is 0 Å². The zero-order chi connectivity index (χ0) is 40.7. The average molecular weight is 799 g/mol. The second-order valence-corrected chi connectivity index (χ2v) is 15.0. The van der Waals surface area contributed by atoms with Crippen molar-refractivity contribution < 1.29 is 42.9 Å². The third-order valence-electron chi connectivity index (χ3n) is 11.5. The third-order valence-corrected chi connectivity index (χ3v) is 11.8. The van der Waals surface area contributed by atoms with Crippen LogP contribution in [0.2, 0.25) is 5.02 Å². The van der Waals surface area contributed by atoms with Gasteiger partial charge in [0.15, 0.2) is 5.69 Å². The number of aliphatic hydroxyl groups excluding tert-OH is 1. The Morgan fingerprint density at radius 1 is 0.930 bits per heavy atom. The molecule has 292 valence electrons. The van der Waals surface area contributed by atoms with E-state index in [2.05, 4.69) is 5.43 Å². The van der Waals surface area contributed by atoms with Gasteiger partial charge in [0, 0.05) is 31.3 Å². The quantitative estimate of drug-likeness (QED) is 0.0913. The van der Waals surface area contributed by atoms with Gasteiger partial charge in [0.25, 0.3) is 11.8 Å². The molecule has 1 aromatic heterocycles. The van der Waals surface area contributed by atoms with E-state index in [9.17, 15) is 44.1 Å². The van der Waals surface area contributed by atoms with Crippen LogP contribution in [0, 0.1) is 49.7 Å². The number of amides is 4. The number of nitrogens with zero attached hydrogens (tertiary/aromatic N) is 5. The number of hydrazine groups is 1. The second kappa shape index (κ2) is 13.6. The van der Waals surface area contributed by atoms with E-state index in [4.69, 9.17) is 16.0 Å². The van der Waals surface area contributed by atoms with Gasteiger partial charge in [0.2, 0.25) is 11.8 Å². The Balaban J connectivity index is 1.29. The first kappa shape index (κ1) is 37.5.